The van der Waals surface area contributed by atoms with Crippen LogP contribution in [0.15, 0.2) is 18.5 Å². The second-order valence-corrected chi connectivity index (χ2v) is 7.44. The molecule has 2 atom stereocenters. The number of amides is 1. The molecule has 0 radical (unpaired) electrons. The van der Waals surface area contributed by atoms with Gasteiger partial charge in [-0.3, -0.25) is 4.79 Å². The van der Waals surface area contributed by atoms with Crippen LogP contribution in [0.25, 0.3) is 0 Å². The van der Waals surface area contributed by atoms with Crippen LogP contribution in [0.1, 0.15) is 36.5 Å². The maximum atomic E-state index is 12.5. The number of likely N-dealkylation sites (N-methyl/N-ethyl adjacent to an activating group) is 1. The third-order valence-electron chi connectivity index (χ3n) is 5.37. The van der Waals surface area contributed by atoms with Crippen molar-refractivity contribution < 1.29 is 14.6 Å². The number of hydrogen-bond donors (Lipinski definition) is 1. The van der Waals surface area contributed by atoms with Crippen molar-refractivity contribution in [2.45, 2.75) is 43.4 Å². The molecule has 0 bridgehead atoms. The van der Waals surface area contributed by atoms with Crippen LogP contribution < -0.4 is 0 Å². The first-order valence-corrected chi connectivity index (χ1v) is 8.42. The monoisotopic (exact) mass is 334 g/mol. The molecule has 0 unspecified atom stereocenters. The van der Waals surface area contributed by atoms with Gasteiger partial charge in [0.2, 0.25) is 0 Å². The predicted molar refractivity (Wildman–Crippen MR) is 88.6 cm³/mol. The lowest BCUT2D eigenvalue weighted by atomic mass is 9.77. The van der Waals surface area contributed by atoms with Crippen LogP contribution in [0, 0.1) is 0 Å². The predicted octanol–water partition coefficient (Wildman–Crippen LogP) is 0.553. The van der Waals surface area contributed by atoms with Crippen molar-refractivity contribution in [2.75, 3.05) is 33.8 Å². The second-order valence-electron chi connectivity index (χ2n) is 7.44. The van der Waals surface area contributed by atoms with Gasteiger partial charge in [-0.15, -0.1) is 0 Å². The number of aliphatic hydroxyl groups is 1. The largest absolute Gasteiger partial charge is 0.386 e. The molecule has 1 aromatic rings. The van der Waals surface area contributed by atoms with Gasteiger partial charge in [0.05, 0.1) is 30.2 Å². The Morgan fingerprint density at radius 1 is 1.38 bits per heavy atom. The van der Waals surface area contributed by atoms with Crippen molar-refractivity contribution in [3.63, 3.8) is 0 Å². The smallest absolute Gasteiger partial charge is 0.255 e. The van der Waals surface area contributed by atoms with Crippen LogP contribution in [-0.2, 0) is 4.74 Å². The van der Waals surface area contributed by atoms with Crippen LogP contribution >= 0.6 is 0 Å². The number of hydrogen-bond acceptors (Lipinski definition) is 6. The Morgan fingerprint density at radius 2 is 2.08 bits per heavy atom. The topological polar surface area (TPSA) is 78.8 Å². The summed E-state index contributed by atoms with van der Waals surface area (Å²) in [4.78, 5) is 16.4. The summed E-state index contributed by atoms with van der Waals surface area (Å²) in [5.74, 6) is -0.00767. The lowest BCUT2D eigenvalue weighted by Crippen LogP contribution is -2.62. The summed E-state index contributed by atoms with van der Waals surface area (Å²) >= 11 is 0. The average Bonchev–Trinajstić information content (AvgIpc) is 2.58. The van der Waals surface area contributed by atoms with Crippen molar-refractivity contribution in [2.24, 2.45) is 0 Å². The van der Waals surface area contributed by atoms with Gasteiger partial charge in [0.25, 0.3) is 5.91 Å². The summed E-state index contributed by atoms with van der Waals surface area (Å²) in [6, 6.07) is 1.74. The molecule has 2 aliphatic heterocycles. The Labute approximate surface area is 142 Å². The van der Waals surface area contributed by atoms with Gasteiger partial charge < -0.3 is 19.6 Å². The Balaban J connectivity index is 1.65. The van der Waals surface area contributed by atoms with Gasteiger partial charge in [-0.1, -0.05) is 0 Å². The first-order chi connectivity index (χ1) is 11.3. The van der Waals surface area contributed by atoms with Gasteiger partial charge in [-0.25, -0.2) is 0 Å². The highest BCUT2D eigenvalue weighted by Gasteiger charge is 2.49. The van der Waals surface area contributed by atoms with E-state index in [2.05, 4.69) is 15.1 Å². The molecule has 24 heavy (non-hydrogen) atoms. The van der Waals surface area contributed by atoms with E-state index in [0.29, 0.717) is 25.3 Å². The van der Waals surface area contributed by atoms with Crippen LogP contribution in [0.2, 0.25) is 0 Å². The number of likely N-dealkylation sites (tertiary alicyclic amines) is 1. The van der Waals surface area contributed by atoms with Crippen molar-refractivity contribution in [3.05, 3.63) is 24.0 Å². The van der Waals surface area contributed by atoms with Gasteiger partial charge in [0, 0.05) is 19.1 Å². The van der Waals surface area contributed by atoms with Gasteiger partial charge in [0.1, 0.15) is 5.60 Å². The number of rotatable bonds is 2. The third kappa shape index (κ3) is 3.29. The van der Waals surface area contributed by atoms with Gasteiger partial charge in [0.15, 0.2) is 0 Å². The fraction of sp³-hybridized carbons (Fsp3) is 0.706. The maximum Gasteiger partial charge on any atom is 0.255 e. The molecule has 1 spiro atoms. The van der Waals surface area contributed by atoms with Crippen LogP contribution in [0.3, 0.4) is 0 Å². The zero-order chi connectivity index (χ0) is 17.4. The quantitative estimate of drug-likeness (QED) is 0.851. The summed E-state index contributed by atoms with van der Waals surface area (Å²) in [5, 5.41) is 18.0. The fourth-order valence-electron chi connectivity index (χ4n) is 3.83. The number of carbonyl (C=O) groups is 1. The summed E-state index contributed by atoms with van der Waals surface area (Å²) in [6.45, 7) is 3.48. The van der Waals surface area contributed by atoms with E-state index in [4.69, 9.17) is 4.74 Å². The molecule has 1 amide bonds. The minimum atomic E-state index is -0.843. The van der Waals surface area contributed by atoms with Crippen LogP contribution in [0.5, 0.6) is 0 Å². The van der Waals surface area contributed by atoms with Gasteiger partial charge in [-0.05, 0) is 46.3 Å². The SMILES string of the molecule is CN(C)[C@H]1CC2(CCN(C(=O)c3ccnnc3)CC2)OC[C@]1(C)O. The molecule has 1 N–H and O–H groups in total. The molecule has 2 saturated heterocycles. The molecule has 0 aliphatic carbocycles. The second kappa shape index (κ2) is 6.38. The molecule has 1 aromatic heterocycles. The molecule has 2 fully saturated rings. The van der Waals surface area contributed by atoms with Crippen molar-refractivity contribution >= 4 is 5.91 Å². The molecule has 0 saturated carbocycles. The molecule has 2 aliphatic rings. The van der Waals surface area contributed by atoms with E-state index in [0.717, 1.165) is 19.3 Å². The molecule has 3 rings (SSSR count). The number of ether oxygens (including phenoxy) is 1. The normalized spacial score (nSPS) is 29.9. The minimum absolute atomic E-state index is 0.00767. The Kier molecular flexibility index (Phi) is 4.59. The Bertz CT molecular complexity index is 583. The number of aromatic nitrogens is 2. The number of nitrogens with zero attached hydrogens (tertiary/aromatic N) is 4. The summed E-state index contributed by atoms with van der Waals surface area (Å²) in [5.41, 5.74) is -0.519. The fourth-order valence-corrected chi connectivity index (χ4v) is 3.83. The lowest BCUT2D eigenvalue weighted by Gasteiger charge is -2.52. The van der Waals surface area contributed by atoms with Crippen molar-refractivity contribution in [1.29, 1.82) is 0 Å². The number of piperidine rings is 1. The first kappa shape index (κ1) is 17.3. The Hall–Kier alpha value is -1.57. The summed E-state index contributed by atoms with van der Waals surface area (Å²) in [7, 11) is 3.99. The standard InChI is InChI=1S/C17H26N4O3/c1-16(23)12-24-17(10-14(16)20(2)3)5-8-21(9-6-17)15(22)13-4-7-18-19-11-13/h4,7,11,14,23H,5-6,8-10,12H2,1-3H3/t14-,16-/m0/s1. The zero-order valence-corrected chi connectivity index (χ0v) is 14.6. The van der Waals surface area contributed by atoms with E-state index in [1.54, 1.807) is 6.07 Å². The summed E-state index contributed by atoms with van der Waals surface area (Å²) in [6.07, 6.45) is 5.40. The maximum absolute atomic E-state index is 12.5. The van der Waals surface area contributed by atoms with E-state index >= 15 is 0 Å². The highest BCUT2D eigenvalue weighted by atomic mass is 16.5. The van der Waals surface area contributed by atoms with Crippen molar-refractivity contribution in [1.82, 2.24) is 20.0 Å². The van der Waals surface area contributed by atoms with E-state index in [-0.39, 0.29) is 17.6 Å². The van der Waals surface area contributed by atoms with Crippen molar-refractivity contribution in [3.8, 4) is 0 Å². The lowest BCUT2D eigenvalue weighted by molar-refractivity contribution is -0.205. The third-order valence-corrected chi connectivity index (χ3v) is 5.37. The Morgan fingerprint density at radius 3 is 2.67 bits per heavy atom. The van der Waals surface area contributed by atoms with Gasteiger partial charge >= 0.3 is 0 Å². The molecule has 7 heteroatoms. The molecule has 0 aromatic carbocycles. The first-order valence-electron chi connectivity index (χ1n) is 8.42. The van der Waals surface area contributed by atoms with E-state index in [1.807, 2.05) is 25.9 Å². The average molecular weight is 334 g/mol. The molecule has 7 nitrogen and oxygen atoms in total. The molecular formula is C17H26N4O3. The van der Waals surface area contributed by atoms with Crippen LogP contribution in [-0.4, -0.2) is 82.0 Å². The zero-order valence-electron chi connectivity index (χ0n) is 14.6. The highest BCUT2D eigenvalue weighted by molar-refractivity contribution is 5.93. The van der Waals surface area contributed by atoms with Crippen LogP contribution in [0.4, 0.5) is 0 Å². The van der Waals surface area contributed by atoms with E-state index in [1.165, 1.54) is 12.4 Å². The van der Waals surface area contributed by atoms with Gasteiger partial charge in [-0.2, -0.15) is 10.2 Å². The number of carbonyl (C=O) groups excluding carboxylic acids is 1. The van der Waals surface area contributed by atoms with E-state index < -0.39 is 5.60 Å². The molecular weight excluding hydrogens is 308 g/mol. The highest BCUT2D eigenvalue weighted by Crippen LogP contribution is 2.39. The summed E-state index contributed by atoms with van der Waals surface area (Å²) < 4.78 is 6.10. The molecule has 132 valence electrons. The van der Waals surface area contributed by atoms with E-state index in [9.17, 15) is 9.90 Å². The minimum Gasteiger partial charge on any atom is -0.386 e. The molecule has 3 heterocycles.